The molecule has 7 nitrogen and oxygen atoms in total. The first kappa shape index (κ1) is 20.4. The highest BCUT2D eigenvalue weighted by Crippen LogP contribution is 2.20. The summed E-state index contributed by atoms with van der Waals surface area (Å²) >= 11 is 0. The quantitative estimate of drug-likeness (QED) is 0.748. The molecule has 2 aromatic carbocycles. The van der Waals surface area contributed by atoms with Gasteiger partial charge in [0.15, 0.2) is 6.61 Å². The molecule has 1 heterocycles. The van der Waals surface area contributed by atoms with Crippen molar-refractivity contribution in [3.8, 4) is 5.75 Å². The number of hydrogen-bond donors (Lipinski definition) is 2. The fraction of sp³-hybridized carbons (Fsp3) is 0.318. The van der Waals surface area contributed by atoms with Gasteiger partial charge in [0.2, 0.25) is 11.8 Å². The third-order valence-corrected chi connectivity index (χ3v) is 4.92. The van der Waals surface area contributed by atoms with Gasteiger partial charge in [-0.15, -0.1) is 0 Å². The normalized spacial score (nSPS) is 14.3. The van der Waals surface area contributed by atoms with Crippen LogP contribution >= 0.6 is 0 Å². The minimum absolute atomic E-state index is 0.00146. The summed E-state index contributed by atoms with van der Waals surface area (Å²) in [5.41, 5.74) is 6.66. The van der Waals surface area contributed by atoms with Crippen LogP contribution in [0, 0.1) is 5.92 Å². The zero-order valence-electron chi connectivity index (χ0n) is 16.2. The lowest BCUT2D eigenvalue weighted by Gasteiger charge is -2.31. The Labute approximate surface area is 169 Å². The minimum Gasteiger partial charge on any atom is -0.484 e. The van der Waals surface area contributed by atoms with E-state index < -0.39 is 5.91 Å². The molecular formula is C22H25N3O4. The molecule has 0 atom stereocenters. The molecule has 29 heavy (non-hydrogen) atoms. The summed E-state index contributed by atoms with van der Waals surface area (Å²) in [6.07, 6.45) is 1.40. The Morgan fingerprint density at radius 3 is 2.28 bits per heavy atom. The highest BCUT2D eigenvalue weighted by molar-refractivity contribution is 5.92. The molecule has 3 rings (SSSR count). The lowest BCUT2D eigenvalue weighted by Crippen LogP contribution is -2.43. The van der Waals surface area contributed by atoms with E-state index in [1.165, 1.54) is 0 Å². The molecule has 1 fully saturated rings. The van der Waals surface area contributed by atoms with Crippen molar-refractivity contribution >= 4 is 23.4 Å². The molecule has 0 bridgehead atoms. The Kier molecular flexibility index (Phi) is 6.84. The van der Waals surface area contributed by atoms with Gasteiger partial charge >= 0.3 is 0 Å². The van der Waals surface area contributed by atoms with Gasteiger partial charge in [0, 0.05) is 24.7 Å². The van der Waals surface area contributed by atoms with Crippen LogP contribution in [0.15, 0.2) is 54.6 Å². The predicted octanol–water partition coefficient (Wildman–Crippen LogP) is 1.97. The summed E-state index contributed by atoms with van der Waals surface area (Å²) in [6, 6.07) is 16.3. The number of para-hydroxylation sites is 1. The number of carbonyl (C=O) groups excluding carboxylic acids is 3. The molecule has 1 aliphatic heterocycles. The van der Waals surface area contributed by atoms with E-state index in [0.717, 1.165) is 5.56 Å². The van der Waals surface area contributed by atoms with E-state index in [4.69, 9.17) is 10.5 Å². The number of carbonyl (C=O) groups is 3. The molecule has 7 heteroatoms. The number of primary amides is 1. The van der Waals surface area contributed by atoms with Crippen LogP contribution in [0.2, 0.25) is 0 Å². The number of anilines is 1. The number of nitrogens with zero attached hydrogens (tertiary/aromatic N) is 1. The Morgan fingerprint density at radius 1 is 1.00 bits per heavy atom. The van der Waals surface area contributed by atoms with Crippen molar-refractivity contribution < 1.29 is 19.1 Å². The third kappa shape index (κ3) is 6.07. The van der Waals surface area contributed by atoms with Crippen LogP contribution in [0.5, 0.6) is 5.75 Å². The number of likely N-dealkylation sites (tertiary alicyclic amines) is 1. The number of nitrogens with two attached hydrogens (primary N) is 1. The first-order valence-electron chi connectivity index (χ1n) is 9.65. The molecule has 0 spiro atoms. The van der Waals surface area contributed by atoms with Crippen LogP contribution in [0.4, 0.5) is 5.69 Å². The van der Waals surface area contributed by atoms with E-state index in [9.17, 15) is 14.4 Å². The van der Waals surface area contributed by atoms with Gasteiger partial charge in [-0.3, -0.25) is 14.4 Å². The van der Waals surface area contributed by atoms with Gasteiger partial charge in [0.1, 0.15) is 5.75 Å². The summed E-state index contributed by atoms with van der Waals surface area (Å²) < 4.78 is 5.51. The van der Waals surface area contributed by atoms with Gasteiger partial charge in [-0.2, -0.15) is 0 Å². The van der Waals surface area contributed by atoms with E-state index in [-0.39, 0.29) is 30.8 Å². The number of rotatable bonds is 7. The van der Waals surface area contributed by atoms with Crippen molar-refractivity contribution in [2.45, 2.75) is 19.3 Å². The van der Waals surface area contributed by atoms with Crippen molar-refractivity contribution in [3.63, 3.8) is 0 Å². The summed E-state index contributed by atoms with van der Waals surface area (Å²) in [4.78, 5) is 37.5. The fourth-order valence-corrected chi connectivity index (χ4v) is 3.30. The zero-order valence-corrected chi connectivity index (χ0v) is 16.2. The van der Waals surface area contributed by atoms with Crippen LogP contribution in [-0.4, -0.2) is 42.3 Å². The Bertz CT molecular complexity index is 844. The van der Waals surface area contributed by atoms with Crippen LogP contribution in [0.25, 0.3) is 0 Å². The molecule has 0 aliphatic carbocycles. The van der Waals surface area contributed by atoms with Crippen molar-refractivity contribution in [1.29, 1.82) is 0 Å². The standard InChI is InChI=1S/C22H25N3O4/c23-20(26)14-16-6-8-18(9-7-16)24-22(28)17-10-12-25(13-11-17)21(27)15-29-19-4-2-1-3-5-19/h1-9,17H,10-15H2,(H2,23,26)(H,24,28). The first-order valence-corrected chi connectivity index (χ1v) is 9.65. The van der Waals surface area contributed by atoms with Crippen molar-refractivity contribution in [2.24, 2.45) is 11.7 Å². The average Bonchev–Trinajstić information content (AvgIpc) is 2.74. The molecule has 3 N–H and O–H groups in total. The lowest BCUT2D eigenvalue weighted by molar-refractivity contribution is -0.136. The SMILES string of the molecule is NC(=O)Cc1ccc(NC(=O)C2CCN(C(=O)COc3ccccc3)CC2)cc1. The second kappa shape index (κ2) is 9.73. The Morgan fingerprint density at radius 2 is 1.66 bits per heavy atom. The highest BCUT2D eigenvalue weighted by Gasteiger charge is 2.27. The summed E-state index contributed by atoms with van der Waals surface area (Å²) in [5.74, 6) is 0.00615. The van der Waals surface area contributed by atoms with Crippen molar-refractivity contribution in [1.82, 2.24) is 4.90 Å². The average molecular weight is 395 g/mol. The number of ether oxygens (including phenoxy) is 1. The van der Waals surface area contributed by atoms with Gasteiger partial charge in [-0.25, -0.2) is 0 Å². The van der Waals surface area contributed by atoms with Gasteiger partial charge in [-0.05, 0) is 42.7 Å². The minimum atomic E-state index is -0.391. The monoisotopic (exact) mass is 395 g/mol. The molecule has 0 saturated carbocycles. The molecular weight excluding hydrogens is 370 g/mol. The summed E-state index contributed by atoms with van der Waals surface area (Å²) in [5, 5.41) is 2.90. The van der Waals surface area contributed by atoms with Crippen molar-refractivity contribution in [3.05, 3.63) is 60.2 Å². The number of amides is 3. The third-order valence-electron chi connectivity index (χ3n) is 4.92. The molecule has 0 unspecified atom stereocenters. The molecule has 2 aromatic rings. The van der Waals surface area contributed by atoms with Crippen molar-refractivity contribution in [2.75, 3.05) is 25.0 Å². The maximum atomic E-state index is 12.5. The van der Waals surface area contributed by atoms with E-state index in [1.807, 2.05) is 30.3 Å². The van der Waals surface area contributed by atoms with Crippen LogP contribution in [0.3, 0.4) is 0 Å². The number of hydrogen-bond acceptors (Lipinski definition) is 4. The topological polar surface area (TPSA) is 102 Å². The van der Waals surface area contributed by atoms with Crippen LogP contribution < -0.4 is 15.8 Å². The summed E-state index contributed by atoms with van der Waals surface area (Å²) in [7, 11) is 0. The van der Waals surface area contributed by atoms with Gasteiger partial charge in [0.05, 0.1) is 6.42 Å². The summed E-state index contributed by atoms with van der Waals surface area (Å²) in [6.45, 7) is 1.07. The van der Waals surface area contributed by atoms with E-state index in [1.54, 1.807) is 29.2 Å². The smallest absolute Gasteiger partial charge is 0.260 e. The molecule has 0 radical (unpaired) electrons. The largest absolute Gasteiger partial charge is 0.484 e. The fourth-order valence-electron chi connectivity index (χ4n) is 3.30. The zero-order chi connectivity index (χ0) is 20.6. The maximum Gasteiger partial charge on any atom is 0.260 e. The van der Waals surface area contributed by atoms with Gasteiger partial charge in [0.25, 0.3) is 5.91 Å². The van der Waals surface area contributed by atoms with Crippen LogP contribution in [-0.2, 0) is 20.8 Å². The lowest BCUT2D eigenvalue weighted by atomic mass is 9.95. The van der Waals surface area contributed by atoms with Crippen LogP contribution in [0.1, 0.15) is 18.4 Å². The predicted molar refractivity (Wildman–Crippen MR) is 109 cm³/mol. The van der Waals surface area contributed by atoms with Gasteiger partial charge < -0.3 is 20.7 Å². The Hall–Kier alpha value is -3.35. The number of benzene rings is 2. The second-order valence-electron chi connectivity index (χ2n) is 7.09. The van der Waals surface area contributed by atoms with E-state index >= 15 is 0 Å². The highest BCUT2D eigenvalue weighted by atomic mass is 16.5. The molecule has 1 saturated heterocycles. The Balaban J connectivity index is 1.43. The molecule has 152 valence electrons. The number of piperidine rings is 1. The molecule has 1 aliphatic rings. The van der Waals surface area contributed by atoms with Gasteiger partial charge in [-0.1, -0.05) is 30.3 Å². The number of nitrogens with one attached hydrogen (secondary N) is 1. The first-order chi connectivity index (χ1) is 14.0. The van der Waals surface area contributed by atoms with E-state index in [0.29, 0.717) is 37.4 Å². The molecule has 0 aromatic heterocycles. The maximum absolute atomic E-state index is 12.5. The second-order valence-corrected chi connectivity index (χ2v) is 7.09. The molecule has 3 amide bonds. The van der Waals surface area contributed by atoms with E-state index in [2.05, 4.69) is 5.32 Å².